The van der Waals surface area contributed by atoms with Crippen LogP contribution in [-0.4, -0.2) is 5.78 Å². The van der Waals surface area contributed by atoms with Crippen LogP contribution < -0.4 is 0 Å². The van der Waals surface area contributed by atoms with Crippen LogP contribution in [-0.2, 0) is 6.42 Å². The number of benzene rings is 1. The Bertz CT molecular complexity index is 565. The first-order valence-electron chi connectivity index (χ1n) is 4.77. The highest BCUT2D eigenvalue weighted by atomic mass is 127. The lowest BCUT2D eigenvalue weighted by Crippen LogP contribution is -2.02. The maximum absolute atomic E-state index is 12.0. The molecule has 0 unspecified atom stereocenters. The van der Waals surface area contributed by atoms with E-state index in [2.05, 4.69) is 22.6 Å². The van der Waals surface area contributed by atoms with Crippen LogP contribution in [0.15, 0.2) is 29.6 Å². The molecule has 0 saturated heterocycles. The van der Waals surface area contributed by atoms with E-state index in [4.69, 9.17) is 23.2 Å². The summed E-state index contributed by atoms with van der Waals surface area (Å²) in [6.45, 7) is 0. The Morgan fingerprint density at radius 2 is 2.06 bits per heavy atom. The second-order valence-electron chi connectivity index (χ2n) is 3.48. The van der Waals surface area contributed by atoms with Crippen LogP contribution in [0.25, 0.3) is 0 Å². The number of thiophene rings is 1. The average Bonchev–Trinajstić information content (AvgIpc) is 2.69. The zero-order chi connectivity index (χ0) is 12.4. The van der Waals surface area contributed by atoms with Gasteiger partial charge in [0.2, 0.25) is 0 Å². The number of hydrogen-bond donors (Lipinski definition) is 0. The van der Waals surface area contributed by atoms with E-state index in [1.165, 1.54) is 0 Å². The monoisotopic (exact) mass is 396 g/mol. The predicted octanol–water partition coefficient (Wildman–Crippen LogP) is 5.08. The highest BCUT2D eigenvalue weighted by molar-refractivity contribution is 14.1. The van der Waals surface area contributed by atoms with Crippen molar-refractivity contribution in [2.24, 2.45) is 0 Å². The molecule has 17 heavy (non-hydrogen) atoms. The van der Waals surface area contributed by atoms with Gasteiger partial charge in [0.05, 0.1) is 2.88 Å². The van der Waals surface area contributed by atoms with E-state index in [1.807, 2.05) is 11.4 Å². The Morgan fingerprint density at radius 1 is 1.29 bits per heavy atom. The van der Waals surface area contributed by atoms with Gasteiger partial charge in [0.15, 0.2) is 5.78 Å². The fraction of sp³-hybridized carbons (Fsp3) is 0.0833. The average molecular weight is 397 g/mol. The summed E-state index contributed by atoms with van der Waals surface area (Å²) in [7, 11) is 0. The zero-order valence-corrected chi connectivity index (χ0v) is 13.0. The van der Waals surface area contributed by atoms with Crippen LogP contribution in [0, 0.1) is 2.88 Å². The minimum atomic E-state index is 0.0772. The van der Waals surface area contributed by atoms with Gasteiger partial charge in [0.1, 0.15) is 0 Å². The molecule has 0 saturated carbocycles. The fourth-order valence-electron chi connectivity index (χ4n) is 1.40. The van der Waals surface area contributed by atoms with Gasteiger partial charge in [-0.25, -0.2) is 0 Å². The topological polar surface area (TPSA) is 17.1 Å². The van der Waals surface area contributed by atoms with Crippen molar-refractivity contribution in [3.8, 4) is 0 Å². The first-order chi connectivity index (χ1) is 8.06. The zero-order valence-electron chi connectivity index (χ0n) is 8.54. The van der Waals surface area contributed by atoms with Gasteiger partial charge in [0.25, 0.3) is 0 Å². The van der Waals surface area contributed by atoms with E-state index in [0.29, 0.717) is 16.5 Å². The Labute approximate surface area is 127 Å². The molecule has 1 nitrogen and oxygen atoms in total. The van der Waals surface area contributed by atoms with E-state index in [9.17, 15) is 4.79 Å². The number of Topliss-reactive ketones (excluding diaryl/α,β-unsaturated/α-hetero) is 1. The summed E-state index contributed by atoms with van der Waals surface area (Å²) >= 11 is 15.6. The van der Waals surface area contributed by atoms with Gasteiger partial charge in [0, 0.05) is 27.4 Å². The molecule has 0 fully saturated rings. The summed E-state index contributed by atoms with van der Waals surface area (Å²) in [6.07, 6.45) is 0.308. The van der Waals surface area contributed by atoms with E-state index < -0.39 is 0 Å². The van der Waals surface area contributed by atoms with Crippen molar-refractivity contribution in [3.63, 3.8) is 0 Å². The second kappa shape index (κ2) is 5.69. The van der Waals surface area contributed by atoms with Gasteiger partial charge in [-0.3, -0.25) is 4.79 Å². The van der Waals surface area contributed by atoms with Crippen molar-refractivity contribution in [3.05, 3.63) is 53.7 Å². The highest BCUT2D eigenvalue weighted by Crippen LogP contribution is 2.23. The van der Waals surface area contributed by atoms with Gasteiger partial charge in [-0.2, -0.15) is 0 Å². The molecule has 5 heteroatoms. The molecule has 1 heterocycles. The summed E-state index contributed by atoms with van der Waals surface area (Å²) in [5.74, 6) is 0.0772. The largest absolute Gasteiger partial charge is 0.294 e. The minimum absolute atomic E-state index is 0.0772. The summed E-state index contributed by atoms with van der Waals surface area (Å²) in [4.78, 5) is 12.0. The molecule has 0 radical (unpaired) electrons. The number of halogens is 3. The van der Waals surface area contributed by atoms with Gasteiger partial charge in [-0.05, 0) is 46.4 Å². The van der Waals surface area contributed by atoms with E-state index >= 15 is 0 Å². The lowest BCUT2D eigenvalue weighted by Gasteiger charge is -2.03. The number of carbonyl (C=O) groups excluding carboxylic acids is 1. The third kappa shape index (κ3) is 3.44. The predicted molar refractivity (Wildman–Crippen MR) is 81.5 cm³/mol. The van der Waals surface area contributed by atoms with Crippen molar-refractivity contribution < 1.29 is 4.79 Å². The van der Waals surface area contributed by atoms with Crippen molar-refractivity contribution in [2.45, 2.75) is 6.42 Å². The summed E-state index contributed by atoms with van der Waals surface area (Å²) in [5, 5.41) is 2.99. The molecule has 1 aromatic carbocycles. The van der Waals surface area contributed by atoms with Gasteiger partial charge < -0.3 is 0 Å². The van der Waals surface area contributed by atoms with Crippen LogP contribution in [0.3, 0.4) is 0 Å². The Hall–Kier alpha value is -0.100. The number of carbonyl (C=O) groups is 1. The Balaban J connectivity index is 2.18. The molecule has 0 aliphatic heterocycles. The summed E-state index contributed by atoms with van der Waals surface area (Å²) in [6, 6.07) is 7.08. The minimum Gasteiger partial charge on any atom is -0.294 e. The van der Waals surface area contributed by atoms with Crippen LogP contribution in [0.4, 0.5) is 0 Å². The van der Waals surface area contributed by atoms with E-state index in [-0.39, 0.29) is 5.78 Å². The normalized spacial score (nSPS) is 10.5. The van der Waals surface area contributed by atoms with Crippen molar-refractivity contribution in [2.75, 3.05) is 0 Å². The maximum atomic E-state index is 12.0. The van der Waals surface area contributed by atoms with E-state index in [0.717, 1.165) is 14.0 Å². The van der Waals surface area contributed by atoms with Crippen molar-refractivity contribution in [1.29, 1.82) is 0 Å². The molecule has 0 atom stereocenters. The molecule has 0 bridgehead atoms. The van der Waals surface area contributed by atoms with Crippen molar-refractivity contribution in [1.82, 2.24) is 0 Å². The lowest BCUT2D eigenvalue weighted by atomic mass is 10.1. The third-order valence-corrected chi connectivity index (χ3v) is 4.63. The maximum Gasteiger partial charge on any atom is 0.168 e. The first-order valence-corrected chi connectivity index (χ1v) is 7.49. The van der Waals surface area contributed by atoms with E-state index in [1.54, 1.807) is 29.5 Å². The molecule has 0 aliphatic rings. The van der Waals surface area contributed by atoms with Crippen molar-refractivity contribution >= 4 is 62.9 Å². The molecular formula is C12H7Cl2IOS. The number of rotatable bonds is 3. The smallest absolute Gasteiger partial charge is 0.168 e. The summed E-state index contributed by atoms with van der Waals surface area (Å²) < 4.78 is 1.10. The Morgan fingerprint density at radius 3 is 2.65 bits per heavy atom. The van der Waals surface area contributed by atoms with Crippen LogP contribution in [0.2, 0.25) is 10.0 Å². The highest BCUT2D eigenvalue weighted by Gasteiger charge is 2.11. The molecule has 88 valence electrons. The molecule has 0 amide bonds. The van der Waals surface area contributed by atoms with Gasteiger partial charge in [-0.15, -0.1) is 11.3 Å². The first kappa shape index (κ1) is 13.3. The molecule has 2 aromatic rings. The Kier molecular flexibility index (Phi) is 4.47. The van der Waals surface area contributed by atoms with Crippen LogP contribution >= 0.6 is 57.1 Å². The number of ketones is 1. The standard InChI is InChI=1S/C12H7Cl2IOS/c13-9-2-1-7(10(14)5-9)3-11(16)8-4-12(15)17-6-8/h1-2,4-6H,3H2. The van der Waals surface area contributed by atoms with Gasteiger partial charge >= 0.3 is 0 Å². The fourth-order valence-corrected chi connectivity index (χ4v) is 3.22. The number of hydrogen-bond acceptors (Lipinski definition) is 2. The molecule has 1 aromatic heterocycles. The quantitative estimate of drug-likeness (QED) is 0.522. The molecule has 0 N–H and O–H groups in total. The molecule has 2 rings (SSSR count). The molecular weight excluding hydrogens is 390 g/mol. The summed E-state index contributed by atoms with van der Waals surface area (Å²) in [5.41, 5.74) is 1.55. The SMILES string of the molecule is O=C(Cc1ccc(Cl)cc1Cl)c1csc(I)c1. The molecule has 0 aliphatic carbocycles. The van der Waals surface area contributed by atoms with Crippen LogP contribution in [0.1, 0.15) is 15.9 Å². The van der Waals surface area contributed by atoms with Gasteiger partial charge in [-0.1, -0.05) is 29.3 Å². The lowest BCUT2D eigenvalue weighted by molar-refractivity contribution is 0.0993. The molecule has 0 spiro atoms. The van der Waals surface area contributed by atoms with Crippen LogP contribution in [0.5, 0.6) is 0 Å². The third-order valence-electron chi connectivity index (χ3n) is 2.26. The second-order valence-corrected chi connectivity index (χ2v) is 7.12.